The maximum absolute atomic E-state index is 11.5. The molecule has 0 heterocycles. The second-order valence-electron chi connectivity index (χ2n) is 4.19. The molecule has 1 aromatic carbocycles. The average Bonchev–Trinajstić information content (AvgIpc) is 2.38. The highest BCUT2D eigenvalue weighted by molar-refractivity contribution is 7.92. The molecule has 0 aliphatic carbocycles. The SMILES string of the molecule is CCCS(=O)(=O)C/C(N)=N/OC(=O)Nc1ccc(Cl)cc1. The minimum atomic E-state index is -3.32. The van der Waals surface area contributed by atoms with Gasteiger partial charge in [0, 0.05) is 10.7 Å². The molecule has 0 spiro atoms. The van der Waals surface area contributed by atoms with Crippen molar-refractivity contribution in [3.05, 3.63) is 29.3 Å². The summed E-state index contributed by atoms with van der Waals surface area (Å²) < 4.78 is 23.0. The predicted octanol–water partition coefficient (Wildman–Crippen LogP) is 1.99. The lowest BCUT2D eigenvalue weighted by atomic mass is 10.3. The fourth-order valence-electron chi connectivity index (χ4n) is 1.41. The zero-order valence-corrected chi connectivity index (χ0v) is 12.9. The number of oxime groups is 1. The normalized spacial score (nSPS) is 12.0. The monoisotopic (exact) mass is 333 g/mol. The van der Waals surface area contributed by atoms with Crippen LogP contribution in [0.1, 0.15) is 13.3 Å². The topological polar surface area (TPSA) is 111 Å². The molecule has 0 aromatic heterocycles. The van der Waals surface area contributed by atoms with Crippen molar-refractivity contribution in [2.24, 2.45) is 10.9 Å². The van der Waals surface area contributed by atoms with E-state index in [4.69, 9.17) is 17.3 Å². The van der Waals surface area contributed by atoms with Crippen LogP contribution in [0.3, 0.4) is 0 Å². The van der Waals surface area contributed by atoms with Crippen LogP contribution in [0.25, 0.3) is 0 Å². The molecule has 3 N–H and O–H groups in total. The highest BCUT2D eigenvalue weighted by Gasteiger charge is 2.13. The van der Waals surface area contributed by atoms with Crippen LogP contribution in [0.2, 0.25) is 5.02 Å². The van der Waals surface area contributed by atoms with E-state index in [9.17, 15) is 13.2 Å². The van der Waals surface area contributed by atoms with Crippen LogP contribution in [0.15, 0.2) is 29.4 Å². The predicted molar refractivity (Wildman–Crippen MR) is 82.1 cm³/mol. The van der Waals surface area contributed by atoms with Gasteiger partial charge in [0.05, 0.1) is 5.75 Å². The Hall–Kier alpha value is -1.80. The molecule has 0 bridgehead atoms. The van der Waals surface area contributed by atoms with Crippen LogP contribution in [-0.4, -0.2) is 31.9 Å². The first-order valence-corrected chi connectivity index (χ1v) is 8.28. The van der Waals surface area contributed by atoms with E-state index in [2.05, 4.69) is 15.3 Å². The lowest BCUT2D eigenvalue weighted by Crippen LogP contribution is -2.26. The summed E-state index contributed by atoms with van der Waals surface area (Å²) in [5.41, 5.74) is 5.86. The number of nitrogens with two attached hydrogens (primary N) is 1. The van der Waals surface area contributed by atoms with Crippen LogP contribution in [0, 0.1) is 0 Å². The molecule has 0 fully saturated rings. The summed E-state index contributed by atoms with van der Waals surface area (Å²) >= 11 is 5.70. The van der Waals surface area contributed by atoms with E-state index < -0.39 is 21.7 Å². The Labute approximate surface area is 128 Å². The van der Waals surface area contributed by atoms with Gasteiger partial charge in [-0.15, -0.1) is 0 Å². The lowest BCUT2D eigenvalue weighted by Gasteiger charge is -2.04. The third kappa shape index (κ3) is 6.96. The van der Waals surface area contributed by atoms with Gasteiger partial charge < -0.3 is 5.73 Å². The first-order chi connectivity index (χ1) is 9.82. The van der Waals surface area contributed by atoms with Crippen molar-refractivity contribution in [3.8, 4) is 0 Å². The molecule has 0 atom stereocenters. The Morgan fingerprint density at radius 2 is 2.00 bits per heavy atom. The molecule has 0 aliphatic heterocycles. The summed E-state index contributed by atoms with van der Waals surface area (Å²) in [6.45, 7) is 1.74. The summed E-state index contributed by atoms with van der Waals surface area (Å²) in [6.07, 6.45) is -0.402. The smallest absolute Gasteiger partial charge is 0.384 e. The second-order valence-corrected chi connectivity index (χ2v) is 6.81. The van der Waals surface area contributed by atoms with Gasteiger partial charge in [-0.1, -0.05) is 23.7 Å². The number of amides is 1. The van der Waals surface area contributed by atoms with E-state index in [1.54, 1.807) is 31.2 Å². The van der Waals surface area contributed by atoms with E-state index >= 15 is 0 Å². The van der Waals surface area contributed by atoms with Crippen LogP contribution >= 0.6 is 11.6 Å². The van der Waals surface area contributed by atoms with Crippen molar-refractivity contribution >= 4 is 39.1 Å². The quantitative estimate of drug-likeness (QED) is 0.358. The molecule has 7 nitrogen and oxygen atoms in total. The third-order valence-electron chi connectivity index (χ3n) is 2.22. The lowest BCUT2D eigenvalue weighted by molar-refractivity contribution is 0.166. The average molecular weight is 334 g/mol. The summed E-state index contributed by atoms with van der Waals surface area (Å²) in [6, 6.07) is 6.32. The minimum Gasteiger partial charge on any atom is -0.384 e. The number of halogens is 1. The highest BCUT2D eigenvalue weighted by Crippen LogP contribution is 2.13. The van der Waals surface area contributed by atoms with Gasteiger partial charge in [0.15, 0.2) is 15.7 Å². The van der Waals surface area contributed by atoms with E-state index in [1.165, 1.54) is 0 Å². The van der Waals surface area contributed by atoms with E-state index in [-0.39, 0.29) is 11.6 Å². The standard InChI is InChI=1S/C12H16ClN3O4S/c1-2-7-21(18,19)8-11(14)16-20-12(17)15-10-5-3-9(13)4-6-10/h3-6H,2,7-8H2,1H3,(H2,14,16)(H,15,17). The summed E-state index contributed by atoms with van der Waals surface area (Å²) in [7, 11) is -3.32. The molecule has 0 saturated carbocycles. The first-order valence-electron chi connectivity index (χ1n) is 6.08. The molecule has 0 aliphatic rings. The van der Waals surface area contributed by atoms with Gasteiger partial charge in [-0.25, -0.2) is 13.2 Å². The van der Waals surface area contributed by atoms with Crippen molar-refractivity contribution < 1.29 is 18.0 Å². The molecule has 0 radical (unpaired) electrons. The molecule has 1 rings (SSSR count). The fraction of sp³-hybridized carbons (Fsp3) is 0.333. The molecule has 1 aromatic rings. The number of anilines is 1. The molecular weight excluding hydrogens is 318 g/mol. The maximum atomic E-state index is 11.5. The number of hydrogen-bond acceptors (Lipinski definition) is 5. The molecule has 9 heteroatoms. The van der Waals surface area contributed by atoms with Crippen molar-refractivity contribution in [3.63, 3.8) is 0 Å². The number of hydrogen-bond donors (Lipinski definition) is 2. The minimum absolute atomic E-state index is 0.000190. The zero-order valence-electron chi connectivity index (χ0n) is 11.4. The summed E-state index contributed by atoms with van der Waals surface area (Å²) in [5, 5.41) is 6.19. The number of rotatable bonds is 6. The van der Waals surface area contributed by atoms with Crippen LogP contribution in [0.5, 0.6) is 0 Å². The highest BCUT2D eigenvalue weighted by atomic mass is 35.5. The van der Waals surface area contributed by atoms with Gasteiger partial charge in [0.2, 0.25) is 0 Å². The number of carbonyl (C=O) groups is 1. The van der Waals surface area contributed by atoms with Crippen LogP contribution in [0.4, 0.5) is 10.5 Å². The molecule has 116 valence electrons. The van der Waals surface area contributed by atoms with E-state index in [1.807, 2.05) is 0 Å². The van der Waals surface area contributed by atoms with Crippen molar-refractivity contribution in [2.75, 3.05) is 16.8 Å². The van der Waals surface area contributed by atoms with Crippen molar-refractivity contribution in [1.82, 2.24) is 0 Å². The van der Waals surface area contributed by atoms with Gasteiger partial charge in [0.1, 0.15) is 5.75 Å². The Morgan fingerprint density at radius 1 is 1.38 bits per heavy atom. The largest absolute Gasteiger partial charge is 0.437 e. The van der Waals surface area contributed by atoms with Gasteiger partial charge >= 0.3 is 6.09 Å². The molecular formula is C12H16ClN3O4S. The van der Waals surface area contributed by atoms with E-state index in [0.717, 1.165) is 0 Å². The molecule has 21 heavy (non-hydrogen) atoms. The Balaban J connectivity index is 2.51. The summed E-state index contributed by atoms with van der Waals surface area (Å²) in [5.74, 6) is -0.732. The fourth-order valence-corrected chi connectivity index (χ4v) is 2.80. The van der Waals surface area contributed by atoms with E-state index in [0.29, 0.717) is 17.1 Å². The number of benzene rings is 1. The second kappa shape index (κ2) is 7.84. The number of nitrogens with one attached hydrogen (secondary N) is 1. The first kappa shape index (κ1) is 17.3. The van der Waals surface area contributed by atoms with Crippen molar-refractivity contribution in [1.29, 1.82) is 0 Å². The molecule has 0 unspecified atom stereocenters. The Bertz CT molecular complexity index is 614. The van der Waals surface area contributed by atoms with Crippen molar-refractivity contribution in [2.45, 2.75) is 13.3 Å². The van der Waals surface area contributed by atoms with Crippen LogP contribution < -0.4 is 11.1 Å². The Morgan fingerprint density at radius 3 is 2.57 bits per heavy atom. The maximum Gasteiger partial charge on any atom is 0.437 e. The molecule has 1 amide bonds. The number of sulfone groups is 1. The number of carbonyl (C=O) groups excluding carboxylic acids is 1. The molecule has 0 saturated heterocycles. The number of amidine groups is 1. The van der Waals surface area contributed by atoms with Crippen LogP contribution in [-0.2, 0) is 14.7 Å². The van der Waals surface area contributed by atoms with Gasteiger partial charge in [-0.05, 0) is 30.7 Å². The van der Waals surface area contributed by atoms with Gasteiger partial charge in [-0.3, -0.25) is 10.2 Å². The Kier molecular flexibility index (Phi) is 6.44. The third-order valence-corrected chi connectivity index (χ3v) is 4.24. The zero-order chi connectivity index (χ0) is 15.9. The number of nitrogens with zero attached hydrogens (tertiary/aromatic N) is 1. The van der Waals surface area contributed by atoms with Gasteiger partial charge in [0.25, 0.3) is 0 Å². The van der Waals surface area contributed by atoms with Gasteiger partial charge in [-0.2, -0.15) is 0 Å². The summed E-state index contributed by atoms with van der Waals surface area (Å²) in [4.78, 5) is 15.9.